The molecule has 7 nitrogen and oxygen atoms in total. The molecule has 2 heterocycles. The van der Waals surface area contributed by atoms with Crippen LogP contribution in [0, 0.1) is 0 Å². The quantitative estimate of drug-likeness (QED) is 0.171. The number of hydrogen-bond donors (Lipinski definition) is 2. The number of nitrogens with two attached hydrogens (primary N) is 1. The highest BCUT2D eigenvalue weighted by atomic mass is 35.5. The minimum atomic E-state index is 0.0632. The van der Waals surface area contributed by atoms with Gasteiger partial charge in [-0.05, 0) is 44.2 Å². The van der Waals surface area contributed by atoms with Crippen molar-refractivity contribution in [2.45, 2.75) is 29.8 Å². The summed E-state index contributed by atoms with van der Waals surface area (Å²) < 4.78 is 3.97. The van der Waals surface area contributed by atoms with Gasteiger partial charge in [0.2, 0.25) is 0 Å². The number of rotatable bonds is 6. The Bertz CT molecular complexity index is 1260. The van der Waals surface area contributed by atoms with Gasteiger partial charge >= 0.3 is 0 Å². The predicted molar refractivity (Wildman–Crippen MR) is 128 cm³/mol. The molecule has 0 aliphatic heterocycles. The molecule has 0 aliphatic carbocycles. The molecule has 0 amide bonds. The fraction of sp³-hybridized carbons (Fsp3) is 0.174. The molecule has 3 N–H and O–H groups in total. The monoisotopic (exact) mass is 466 g/mol. The third kappa shape index (κ3) is 4.37. The summed E-state index contributed by atoms with van der Waals surface area (Å²) in [4.78, 5) is 6.01. The Hall–Kier alpha value is -3.23. The van der Waals surface area contributed by atoms with Gasteiger partial charge in [-0.3, -0.25) is 4.68 Å². The van der Waals surface area contributed by atoms with Crippen LogP contribution in [0.25, 0.3) is 22.8 Å². The minimum absolute atomic E-state index is 0.0632. The van der Waals surface area contributed by atoms with Crippen molar-refractivity contribution in [2.24, 2.45) is 17.9 Å². The first-order chi connectivity index (χ1) is 15.4. The van der Waals surface area contributed by atoms with E-state index in [1.54, 1.807) is 11.8 Å². The van der Waals surface area contributed by atoms with Crippen molar-refractivity contribution in [3.63, 3.8) is 0 Å². The fourth-order valence-electron chi connectivity index (χ4n) is 3.23. The maximum Gasteiger partial charge on any atom is 0.170 e. The van der Waals surface area contributed by atoms with E-state index in [9.17, 15) is 0 Å². The summed E-state index contributed by atoms with van der Waals surface area (Å²) in [5, 5.41) is 18.4. The molecule has 2 aromatic carbocycles. The Labute approximate surface area is 195 Å². The molecule has 0 spiro atoms. The van der Waals surface area contributed by atoms with Gasteiger partial charge in [0.25, 0.3) is 0 Å². The van der Waals surface area contributed by atoms with Crippen molar-refractivity contribution >= 4 is 29.2 Å². The van der Waals surface area contributed by atoms with Gasteiger partial charge in [0.1, 0.15) is 16.4 Å². The van der Waals surface area contributed by atoms with E-state index < -0.39 is 0 Å². The highest BCUT2D eigenvalue weighted by Gasteiger charge is 2.20. The van der Waals surface area contributed by atoms with Gasteiger partial charge in [0.15, 0.2) is 11.7 Å². The Balaban J connectivity index is 1.81. The summed E-state index contributed by atoms with van der Waals surface area (Å²) in [6.07, 6.45) is 1.96. The maximum absolute atomic E-state index is 8.93. The van der Waals surface area contributed by atoms with Crippen molar-refractivity contribution in [1.29, 1.82) is 0 Å². The number of hydrogen-bond acceptors (Lipinski definition) is 5. The van der Waals surface area contributed by atoms with Crippen molar-refractivity contribution in [1.82, 2.24) is 19.3 Å². The van der Waals surface area contributed by atoms with Gasteiger partial charge in [-0.15, -0.1) is 0 Å². The predicted octanol–water partition coefficient (Wildman–Crippen LogP) is 5.43. The van der Waals surface area contributed by atoms with E-state index in [0.717, 1.165) is 32.7 Å². The molecule has 0 atom stereocenters. The first-order valence-electron chi connectivity index (χ1n) is 10.0. The molecule has 164 valence electrons. The zero-order valence-corrected chi connectivity index (χ0v) is 19.5. The van der Waals surface area contributed by atoms with Gasteiger partial charge in [0, 0.05) is 40.3 Å². The average molecular weight is 467 g/mol. The second-order valence-electron chi connectivity index (χ2n) is 7.54. The summed E-state index contributed by atoms with van der Waals surface area (Å²) in [5.74, 6) is 0.838. The number of amidine groups is 1. The SMILES string of the molecule is CC(C)n1ccc(-c2nc(-c3ccc(/C(N)=N\O)cc3)c(Sc3ccc(Cl)cc3)n2C)n1. The van der Waals surface area contributed by atoms with Crippen LogP contribution in [-0.2, 0) is 7.05 Å². The third-order valence-electron chi connectivity index (χ3n) is 5.00. The lowest BCUT2D eigenvalue weighted by atomic mass is 10.1. The summed E-state index contributed by atoms with van der Waals surface area (Å²) in [7, 11) is 1.99. The van der Waals surface area contributed by atoms with E-state index in [4.69, 9.17) is 32.6 Å². The average Bonchev–Trinajstić information content (AvgIpc) is 3.40. The lowest BCUT2D eigenvalue weighted by Crippen LogP contribution is -2.12. The van der Waals surface area contributed by atoms with Crippen LogP contribution in [0.4, 0.5) is 0 Å². The molecule has 0 saturated carbocycles. The van der Waals surface area contributed by atoms with Gasteiger partial charge in [-0.25, -0.2) is 4.98 Å². The highest BCUT2D eigenvalue weighted by Crippen LogP contribution is 2.38. The van der Waals surface area contributed by atoms with Crippen LogP contribution in [0.2, 0.25) is 5.02 Å². The van der Waals surface area contributed by atoms with E-state index >= 15 is 0 Å². The van der Waals surface area contributed by atoms with E-state index in [0.29, 0.717) is 10.6 Å². The zero-order valence-electron chi connectivity index (χ0n) is 17.9. The van der Waals surface area contributed by atoms with E-state index in [-0.39, 0.29) is 11.9 Å². The molecule has 0 unspecified atom stereocenters. The number of benzene rings is 2. The van der Waals surface area contributed by atoms with Gasteiger partial charge in [0.05, 0.1) is 0 Å². The highest BCUT2D eigenvalue weighted by molar-refractivity contribution is 7.99. The molecule has 4 aromatic rings. The second-order valence-corrected chi connectivity index (χ2v) is 9.04. The Morgan fingerprint density at radius 3 is 2.38 bits per heavy atom. The zero-order chi connectivity index (χ0) is 22.8. The van der Waals surface area contributed by atoms with E-state index in [1.165, 1.54) is 0 Å². The molecule has 0 fully saturated rings. The van der Waals surface area contributed by atoms with Crippen LogP contribution in [-0.4, -0.2) is 30.4 Å². The van der Waals surface area contributed by atoms with Gasteiger partial charge in [-0.2, -0.15) is 5.10 Å². The molecule has 32 heavy (non-hydrogen) atoms. The summed E-state index contributed by atoms with van der Waals surface area (Å²) >= 11 is 7.67. The van der Waals surface area contributed by atoms with Crippen molar-refractivity contribution in [3.05, 3.63) is 71.4 Å². The maximum atomic E-state index is 8.93. The Morgan fingerprint density at radius 2 is 1.78 bits per heavy atom. The van der Waals surface area contributed by atoms with Gasteiger partial charge < -0.3 is 15.5 Å². The molecule has 4 rings (SSSR count). The number of halogens is 1. The lowest BCUT2D eigenvalue weighted by molar-refractivity contribution is 0.318. The van der Waals surface area contributed by atoms with Crippen LogP contribution in [0.3, 0.4) is 0 Å². The molecular formula is C23H23ClN6OS. The molecule has 0 saturated heterocycles. The fourth-order valence-corrected chi connectivity index (χ4v) is 4.34. The second kappa shape index (κ2) is 9.10. The van der Waals surface area contributed by atoms with Crippen LogP contribution < -0.4 is 5.73 Å². The van der Waals surface area contributed by atoms with Crippen molar-refractivity contribution in [3.8, 4) is 22.8 Å². The first-order valence-corrected chi connectivity index (χ1v) is 11.2. The number of nitrogens with zero attached hydrogens (tertiary/aromatic N) is 5. The summed E-state index contributed by atoms with van der Waals surface area (Å²) in [6.45, 7) is 4.18. The third-order valence-corrected chi connectivity index (χ3v) is 6.42. The molecule has 2 aromatic heterocycles. The summed E-state index contributed by atoms with van der Waals surface area (Å²) in [5.41, 5.74) is 8.90. The van der Waals surface area contributed by atoms with E-state index in [1.807, 2.05) is 72.5 Å². The topological polar surface area (TPSA) is 94.3 Å². The molecule has 0 radical (unpaired) electrons. The normalized spacial score (nSPS) is 12.0. The van der Waals surface area contributed by atoms with E-state index in [2.05, 4.69) is 23.6 Å². The Kier molecular flexibility index (Phi) is 6.25. The molecule has 0 bridgehead atoms. The lowest BCUT2D eigenvalue weighted by Gasteiger charge is -2.08. The smallest absolute Gasteiger partial charge is 0.170 e. The van der Waals surface area contributed by atoms with Gasteiger partial charge in [-0.1, -0.05) is 52.8 Å². The molecule has 9 heteroatoms. The minimum Gasteiger partial charge on any atom is -0.409 e. The number of oxime groups is 1. The van der Waals surface area contributed by atoms with Crippen molar-refractivity contribution in [2.75, 3.05) is 0 Å². The summed E-state index contributed by atoms with van der Waals surface area (Å²) in [6, 6.07) is 17.4. The molecule has 0 aliphatic rings. The largest absolute Gasteiger partial charge is 0.409 e. The number of imidazole rings is 1. The first kappa shape index (κ1) is 22.0. The number of aromatic nitrogens is 4. The van der Waals surface area contributed by atoms with Crippen molar-refractivity contribution < 1.29 is 5.21 Å². The standard InChI is InChI=1S/C23H23ClN6OS/c1-14(2)30-13-12-19(27-30)22-26-20(15-4-6-16(7-5-15)21(25)28-31)23(29(22)3)32-18-10-8-17(24)9-11-18/h4-14,31H,1-3H3,(H2,25,28). The van der Waals surface area contributed by atoms with Crippen LogP contribution in [0.15, 0.2) is 75.9 Å². The van der Waals surface area contributed by atoms with Crippen LogP contribution in [0.5, 0.6) is 0 Å². The molecular weight excluding hydrogens is 444 g/mol. The van der Waals surface area contributed by atoms with Crippen LogP contribution >= 0.6 is 23.4 Å². The Morgan fingerprint density at radius 1 is 1.09 bits per heavy atom. The van der Waals surface area contributed by atoms with Crippen LogP contribution in [0.1, 0.15) is 25.5 Å².